The van der Waals surface area contributed by atoms with Crippen molar-refractivity contribution in [2.75, 3.05) is 6.61 Å². The Bertz CT molecular complexity index is 1120. The van der Waals surface area contributed by atoms with E-state index in [1.54, 1.807) is 13.8 Å². The van der Waals surface area contributed by atoms with Gasteiger partial charge in [0.2, 0.25) is 0 Å². The van der Waals surface area contributed by atoms with Gasteiger partial charge in [0.15, 0.2) is 0 Å². The Morgan fingerprint density at radius 3 is 2.26 bits per heavy atom. The molecule has 0 radical (unpaired) electrons. The lowest BCUT2D eigenvalue weighted by Gasteiger charge is -2.30. The molecule has 0 aromatic heterocycles. The number of carboxylic acid groups (broad SMARTS) is 1. The van der Waals surface area contributed by atoms with Crippen molar-refractivity contribution in [1.82, 2.24) is 5.32 Å². The molecule has 0 bridgehead atoms. The highest BCUT2D eigenvalue weighted by Crippen LogP contribution is 2.42. The third kappa shape index (κ3) is 5.68. The molecule has 1 heterocycles. The lowest BCUT2D eigenvalue weighted by molar-refractivity contribution is -0.139. The van der Waals surface area contributed by atoms with E-state index in [9.17, 15) is 14.7 Å². The predicted octanol–water partition coefficient (Wildman–Crippen LogP) is 5.55. The number of para-hydroxylation sites is 1. The van der Waals surface area contributed by atoms with Gasteiger partial charge >= 0.3 is 11.9 Å². The molecule has 1 unspecified atom stereocenters. The normalized spacial score (nSPS) is 15.7. The number of hydrogen-bond acceptors (Lipinski definition) is 5. The molecule has 2 aromatic carbocycles. The van der Waals surface area contributed by atoms with Crippen molar-refractivity contribution in [1.29, 1.82) is 0 Å². The van der Waals surface area contributed by atoms with E-state index in [1.807, 2.05) is 45.0 Å². The lowest BCUT2D eigenvalue weighted by Crippen LogP contribution is -2.32. The van der Waals surface area contributed by atoms with E-state index < -0.39 is 17.9 Å². The van der Waals surface area contributed by atoms with Crippen molar-refractivity contribution in [2.45, 2.75) is 60.0 Å². The molecule has 6 heteroatoms. The van der Waals surface area contributed by atoms with Gasteiger partial charge in [-0.05, 0) is 45.7 Å². The molecule has 3 rings (SSSR count). The summed E-state index contributed by atoms with van der Waals surface area (Å²) in [5.41, 5.74) is 5.40. The van der Waals surface area contributed by atoms with Crippen molar-refractivity contribution in [3.05, 3.63) is 87.3 Å². The van der Waals surface area contributed by atoms with Gasteiger partial charge in [0, 0.05) is 17.0 Å². The van der Waals surface area contributed by atoms with Gasteiger partial charge in [0.25, 0.3) is 0 Å². The van der Waals surface area contributed by atoms with Crippen molar-refractivity contribution in [3.63, 3.8) is 0 Å². The number of dihydropyridines is 1. The van der Waals surface area contributed by atoms with Gasteiger partial charge in [-0.2, -0.15) is 0 Å². The number of carboxylic acids is 1. The first-order valence-electron chi connectivity index (χ1n) is 11.6. The van der Waals surface area contributed by atoms with Gasteiger partial charge < -0.3 is 19.9 Å². The number of unbranched alkanes of at least 4 members (excludes halogenated alkanes) is 1. The number of nitrogens with one attached hydrogen (secondary N) is 1. The number of carbonyl (C=O) groups is 2. The molecule has 6 nitrogen and oxygen atoms in total. The molecule has 2 N–H and O–H groups in total. The average molecular weight is 464 g/mol. The number of benzene rings is 2. The van der Waals surface area contributed by atoms with Crippen LogP contribution in [0.15, 0.2) is 65.0 Å². The zero-order valence-electron chi connectivity index (χ0n) is 20.5. The molecular weight excluding hydrogens is 430 g/mol. The number of aliphatic carboxylic acids is 1. The summed E-state index contributed by atoms with van der Waals surface area (Å²) >= 11 is 0. The molecule has 180 valence electrons. The summed E-state index contributed by atoms with van der Waals surface area (Å²) in [6.45, 7) is 10.2. The Morgan fingerprint density at radius 1 is 0.971 bits per heavy atom. The minimum atomic E-state index is -1.09. The van der Waals surface area contributed by atoms with Gasteiger partial charge in [-0.25, -0.2) is 9.59 Å². The van der Waals surface area contributed by atoms with Crippen LogP contribution in [-0.4, -0.2) is 23.7 Å². The Morgan fingerprint density at radius 2 is 1.62 bits per heavy atom. The molecule has 1 atom stereocenters. The standard InChI is InChI=1S/C28H33NO5/c1-6-7-12-33-28(32)25-20(5)29-19(4)24(27(30)31)26(25)22-10-8-9-11-23(22)34-16-21-14-17(2)13-18(3)15-21/h8-11,13-15,26,29H,6-7,12,16H2,1-5H3,(H,30,31). The summed E-state index contributed by atoms with van der Waals surface area (Å²) in [6, 6.07) is 13.5. The molecule has 0 spiro atoms. The fourth-order valence-electron chi connectivity index (χ4n) is 4.41. The molecule has 1 aliphatic rings. The maximum absolute atomic E-state index is 13.1. The van der Waals surface area contributed by atoms with Gasteiger partial charge in [0.1, 0.15) is 12.4 Å². The lowest BCUT2D eigenvalue weighted by atomic mass is 9.80. The second-order valence-corrected chi connectivity index (χ2v) is 8.75. The van der Waals surface area contributed by atoms with Gasteiger partial charge in [-0.1, -0.05) is 60.9 Å². The van der Waals surface area contributed by atoms with Crippen LogP contribution in [0.4, 0.5) is 0 Å². The Hall–Kier alpha value is -3.54. The van der Waals surface area contributed by atoms with E-state index in [0.717, 1.165) is 29.5 Å². The zero-order valence-corrected chi connectivity index (χ0v) is 20.5. The maximum Gasteiger partial charge on any atom is 0.336 e. The number of hydrogen-bond donors (Lipinski definition) is 2. The quantitative estimate of drug-likeness (QED) is 0.375. The molecule has 0 saturated heterocycles. The van der Waals surface area contributed by atoms with E-state index in [-0.39, 0.29) is 12.2 Å². The second kappa shape index (κ2) is 11.1. The molecule has 2 aromatic rings. The summed E-state index contributed by atoms with van der Waals surface area (Å²) in [5, 5.41) is 13.1. The predicted molar refractivity (Wildman–Crippen MR) is 131 cm³/mol. The highest BCUT2D eigenvalue weighted by Gasteiger charge is 2.38. The van der Waals surface area contributed by atoms with Gasteiger partial charge in [0.05, 0.1) is 23.7 Å². The van der Waals surface area contributed by atoms with Crippen LogP contribution in [0.3, 0.4) is 0 Å². The van der Waals surface area contributed by atoms with Crippen LogP contribution in [-0.2, 0) is 20.9 Å². The Kier molecular flexibility index (Phi) is 8.16. The number of allylic oxidation sites excluding steroid dienone is 2. The second-order valence-electron chi connectivity index (χ2n) is 8.75. The van der Waals surface area contributed by atoms with Crippen molar-refractivity contribution in [3.8, 4) is 5.75 Å². The van der Waals surface area contributed by atoms with Crippen LogP contribution in [0.25, 0.3) is 0 Å². The topological polar surface area (TPSA) is 84.9 Å². The van der Waals surface area contributed by atoms with Crippen molar-refractivity contribution < 1.29 is 24.2 Å². The first-order valence-corrected chi connectivity index (χ1v) is 11.6. The monoisotopic (exact) mass is 463 g/mol. The van der Waals surface area contributed by atoms with Crippen LogP contribution >= 0.6 is 0 Å². The third-order valence-corrected chi connectivity index (χ3v) is 5.85. The first kappa shape index (κ1) is 25.1. The van der Waals surface area contributed by atoms with Crippen LogP contribution in [0.1, 0.15) is 61.8 Å². The highest BCUT2D eigenvalue weighted by atomic mass is 16.5. The molecule has 34 heavy (non-hydrogen) atoms. The summed E-state index contributed by atoms with van der Waals surface area (Å²) in [5.74, 6) is -1.89. The minimum absolute atomic E-state index is 0.107. The molecule has 0 aliphatic carbocycles. The van der Waals surface area contributed by atoms with Crippen molar-refractivity contribution in [2.24, 2.45) is 0 Å². The summed E-state index contributed by atoms with van der Waals surface area (Å²) in [4.78, 5) is 25.5. The van der Waals surface area contributed by atoms with E-state index in [4.69, 9.17) is 9.47 Å². The van der Waals surface area contributed by atoms with Crippen molar-refractivity contribution >= 4 is 11.9 Å². The summed E-state index contributed by atoms with van der Waals surface area (Å²) in [6.07, 6.45) is 1.63. The van der Waals surface area contributed by atoms with Crippen LogP contribution in [0, 0.1) is 13.8 Å². The van der Waals surface area contributed by atoms with Crippen LogP contribution < -0.4 is 10.1 Å². The summed E-state index contributed by atoms with van der Waals surface area (Å²) < 4.78 is 11.7. The maximum atomic E-state index is 13.1. The van der Waals surface area contributed by atoms with Crippen LogP contribution in [0.2, 0.25) is 0 Å². The van der Waals surface area contributed by atoms with E-state index in [1.165, 1.54) is 0 Å². The molecule has 0 amide bonds. The molecule has 1 aliphatic heterocycles. The number of ether oxygens (including phenoxy) is 2. The Balaban J connectivity index is 2.03. The SMILES string of the molecule is CCCCOC(=O)C1=C(C)NC(C)=C(C(=O)O)C1c1ccccc1OCc1cc(C)cc(C)c1. The van der Waals surface area contributed by atoms with E-state index >= 15 is 0 Å². The summed E-state index contributed by atoms with van der Waals surface area (Å²) in [7, 11) is 0. The first-order chi connectivity index (χ1) is 16.2. The minimum Gasteiger partial charge on any atom is -0.489 e. The van der Waals surface area contributed by atoms with Gasteiger partial charge in [-0.15, -0.1) is 0 Å². The van der Waals surface area contributed by atoms with Gasteiger partial charge in [-0.3, -0.25) is 0 Å². The fourth-order valence-corrected chi connectivity index (χ4v) is 4.41. The number of carbonyl (C=O) groups excluding carboxylic acids is 1. The average Bonchev–Trinajstić information content (AvgIpc) is 2.76. The number of rotatable bonds is 9. The molecular formula is C28H33NO5. The number of aryl methyl sites for hydroxylation is 2. The zero-order chi connectivity index (χ0) is 24.8. The molecule has 0 saturated carbocycles. The fraction of sp³-hybridized carbons (Fsp3) is 0.357. The largest absolute Gasteiger partial charge is 0.489 e. The third-order valence-electron chi connectivity index (χ3n) is 5.85. The molecule has 0 fully saturated rings. The number of esters is 1. The Labute approximate surface area is 201 Å². The van der Waals surface area contributed by atoms with E-state index in [0.29, 0.717) is 34.9 Å². The highest BCUT2D eigenvalue weighted by molar-refractivity contribution is 5.99. The van der Waals surface area contributed by atoms with Crippen LogP contribution in [0.5, 0.6) is 5.75 Å². The smallest absolute Gasteiger partial charge is 0.336 e. The van der Waals surface area contributed by atoms with E-state index in [2.05, 4.69) is 23.5 Å².